The number of para-hydroxylation sites is 1. The van der Waals surface area contributed by atoms with E-state index in [1.807, 2.05) is 48.5 Å². The fourth-order valence-electron chi connectivity index (χ4n) is 7.01. The Kier molecular flexibility index (Phi) is 6.64. The highest BCUT2D eigenvalue weighted by atomic mass is 32.1. The van der Waals surface area contributed by atoms with Gasteiger partial charge in [0.2, 0.25) is 0 Å². The van der Waals surface area contributed by atoms with Gasteiger partial charge < -0.3 is 4.42 Å². The maximum Gasteiger partial charge on any atom is 0.165 e. The van der Waals surface area contributed by atoms with Gasteiger partial charge >= 0.3 is 0 Å². The van der Waals surface area contributed by atoms with Crippen LogP contribution in [0.2, 0.25) is 0 Å². The van der Waals surface area contributed by atoms with Gasteiger partial charge in [0, 0.05) is 53.2 Å². The Morgan fingerprint density at radius 3 is 1.82 bits per heavy atom. The first-order valence-corrected chi connectivity index (χ1v) is 17.4. The summed E-state index contributed by atoms with van der Waals surface area (Å²) in [6.45, 7) is 0. The molecule has 50 heavy (non-hydrogen) atoms. The van der Waals surface area contributed by atoms with Crippen molar-refractivity contribution in [2.24, 2.45) is 0 Å². The van der Waals surface area contributed by atoms with Crippen molar-refractivity contribution in [2.75, 3.05) is 0 Å². The molecule has 0 atom stereocenters. The molecule has 0 N–H and O–H groups in total. The Morgan fingerprint density at radius 1 is 0.400 bits per heavy atom. The van der Waals surface area contributed by atoms with E-state index in [2.05, 4.69) is 115 Å². The van der Waals surface area contributed by atoms with Crippen LogP contribution in [0.1, 0.15) is 0 Å². The van der Waals surface area contributed by atoms with Crippen molar-refractivity contribution in [1.29, 1.82) is 0 Å². The summed E-state index contributed by atoms with van der Waals surface area (Å²) >= 11 is 1.78. The number of hydrogen-bond acceptors (Lipinski definition) is 5. The first-order chi connectivity index (χ1) is 24.8. The molecular weight excluding hydrogens is 631 g/mol. The minimum absolute atomic E-state index is 0.608. The number of nitrogens with zero attached hydrogens (tertiary/aromatic N) is 3. The van der Waals surface area contributed by atoms with Crippen LogP contribution in [-0.2, 0) is 0 Å². The quantitative estimate of drug-likeness (QED) is 0.185. The third-order valence-electron chi connectivity index (χ3n) is 9.36. The maximum atomic E-state index is 6.70. The lowest BCUT2D eigenvalue weighted by Gasteiger charge is -2.10. The Morgan fingerprint density at radius 2 is 0.980 bits per heavy atom. The van der Waals surface area contributed by atoms with Crippen molar-refractivity contribution in [3.05, 3.63) is 164 Å². The molecule has 10 aromatic rings. The molecule has 3 heterocycles. The molecule has 0 aliphatic rings. The topological polar surface area (TPSA) is 51.8 Å². The average Bonchev–Trinajstić information content (AvgIpc) is 3.77. The predicted octanol–water partition coefficient (Wildman–Crippen LogP) is 12.5. The van der Waals surface area contributed by atoms with Crippen LogP contribution in [-0.4, -0.2) is 15.0 Å². The second kappa shape index (κ2) is 11.6. The van der Waals surface area contributed by atoms with E-state index in [0.29, 0.717) is 17.5 Å². The summed E-state index contributed by atoms with van der Waals surface area (Å²) in [5, 5.41) is 4.46. The third-order valence-corrected chi connectivity index (χ3v) is 10.6. The van der Waals surface area contributed by atoms with Crippen molar-refractivity contribution < 1.29 is 4.42 Å². The van der Waals surface area contributed by atoms with E-state index >= 15 is 0 Å². The van der Waals surface area contributed by atoms with Gasteiger partial charge in [0.1, 0.15) is 11.2 Å². The fourth-order valence-corrected chi connectivity index (χ4v) is 8.23. The molecule has 0 fully saturated rings. The second-order valence-corrected chi connectivity index (χ2v) is 13.4. The molecule has 3 aromatic heterocycles. The van der Waals surface area contributed by atoms with E-state index in [0.717, 1.165) is 55.3 Å². The van der Waals surface area contributed by atoms with Gasteiger partial charge in [-0.1, -0.05) is 140 Å². The number of aromatic nitrogens is 3. The molecule has 0 aliphatic heterocycles. The zero-order valence-corrected chi connectivity index (χ0v) is 27.6. The minimum Gasteiger partial charge on any atom is -0.455 e. The monoisotopic (exact) mass is 657 g/mol. The van der Waals surface area contributed by atoms with Gasteiger partial charge in [0.05, 0.1) is 0 Å². The zero-order valence-electron chi connectivity index (χ0n) is 26.7. The van der Waals surface area contributed by atoms with Crippen molar-refractivity contribution in [1.82, 2.24) is 15.0 Å². The highest BCUT2D eigenvalue weighted by Crippen LogP contribution is 2.42. The predicted molar refractivity (Wildman–Crippen MR) is 207 cm³/mol. The summed E-state index contributed by atoms with van der Waals surface area (Å²) < 4.78 is 9.11. The molecule has 0 spiro atoms. The van der Waals surface area contributed by atoms with E-state index in [4.69, 9.17) is 19.4 Å². The summed E-state index contributed by atoms with van der Waals surface area (Å²) in [6, 6.07) is 56.7. The largest absolute Gasteiger partial charge is 0.455 e. The number of hydrogen-bond donors (Lipinski definition) is 0. The lowest BCUT2D eigenvalue weighted by Crippen LogP contribution is -2.00. The van der Waals surface area contributed by atoms with E-state index in [9.17, 15) is 0 Å². The van der Waals surface area contributed by atoms with Crippen LogP contribution in [0.25, 0.3) is 98.5 Å². The van der Waals surface area contributed by atoms with Crippen LogP contribution in [0.4, 0.5) is 0 Å². The SMILES string of the molecule is c1ccc(-c2cccc(-c3cccc4c3oc3cccc(-c5nc(-c6ccccc6)nc(-c6cccc7c6sc6ccccc67)n5)c34)c2)cc1. The third kappa shape index (κ3) is 4.71. The average molecular weight is 658 g/mol. The van der Waals surface area contributed by atoms with Gasteiger partial charge in [0.15, 0.2) is 17.5 Å². The molecule has 7 aromatic carbocycles. The Balaban J connectivity index is 1.19. The molecule has 234 valence electrons. The molecule has 0 aliphatic carbocycles. The Bertz CT molecular complexity index is 2870. The number of benzene rings is 7. The lowest BCUT2D eigenvalue weighted by atomic mass is 9.97. The molecular formula is C45H27N3OS. The van der Waals surface area contributed by atoms with Crippen molar-refractivity contribution in [3.63, 3.8) is 0 Å². The van der Waals surface area contributed by atoms with Crippen LogP contribution >= 0.6 is 11.3 Å². The van der Waals surface area contributed by atoms with Crippen molar-refractivity contribution >= 4 is 53.4 Å². The minimum atomic E-state index is 0.608. The van der Waals surface area contributed by atoms with Crippen LogP contribution in [0, 0.1) is 0 Å². The van der Waals surface area contributed by atoms with Gasteiger partial charge in [-0.2, -0.15) is 0 Å². The molecule has 0 amide bonds. The van der Waals surface area contributed by atoms with E-state index in [1.165, 1.54) is 25.7 Å². The molecule has 0 saturated heterocycles. The molecule has 5 heteroatoms. The molecule has 0 radical (unpaired) electrons. The number of rotatable bonds is 5. The van der Waals surface area contributed by atoms with Gasteiger partial charge in [-0.15, -0.1) is 11.3 Å². The number of thiophene rings is 1. The van der Waals surface area contributed by atoms with Gasteiger partial charge in [0.25, 0.3) is 0 Å². The lowest BCUT2D eigenvalue weighted by molar-refractivity contribution is 0.670. The van der Waals surface area contributed by atoms with Crippen molar-refractivity contribution in [2.45, 2.75) is 0 Å². The first-order valence-electron chi connectivity index (χ1n) is 16.6. The molecule has 0 saturated carbocycles. The van der Waals surface area contributed by atoms with Crippen molar-refractivity contribution in [3.8, 4) is 56.4 Å². The highest BCUT2D eigenvalue weighted by molar-refractivity contribution is 7.26. The van der Waals surface area contributed by atoms with Crippen LogP contribution in [0.15, 0.2) is 168 Å². The van der Waals surface area contributed by atoms with Gasteiger partial charge in [-0.05, 0) is 41.0 Å². The molecule has 10 rings (SSSR count). The summed E-state index contributed by atoms with van der Waals surface area (Å²) in [5.74, 6) is 1.89. The van der Waals surface area contributed by atoms with Crippen LogP contribution in [0.5, 0.6) is 0 Å². The molecule has 0 bridgehead atoms. The maximum absolute atomic E-state index is 6.70. The van der Waals surface area contributed by atoms with E-state index in [1.54, 1.807) is 11.3 Å². The summed E-state index contributed by atoms with van der Waals surface area (Å²) in [4.78, 5) is 15.4. The first kappa shape index (κ1) is 28.6. The second-order valence-electron chi connectivity index (χ2n) is 12.4. The zero-order chi connectivity index (χ0) is 33.0. The Labute approximate surface area is 292 Å². The standard InChI is InChI=1S/C45H27N3OS/c1-3-13-28(14-4-1)30-17-9-18-31(27-30)32-20-10-22-35-40-36(23-12-25-38(40)49-41(32)35)44-46-43(29-15-5-2-6-16-29)47-45(48-44)37-24-11-21-34-33-19-7-8-26-39(33)50-42(34)37/h1-27H. The van der Waals surface area contributed by atoms with Gasteiger partial charge in [-0.25, -0.2) is 15.0 Å². The molecule has 4 nitrogen and oxygen atoms in total. The number of fused-ring (bicyclic) bond motifs is 6. The smallest absolute Gasteiger partial charge is 0.165 e. The van der Waals surface area contributed by atoms with E-state index in [-0.39, 0.29) is 0 Å². The van der Waals surface area contributed by atoms with Crippen LogP contribution in [0.3, 0.4) is 0 Å². The number of furan rings is 1. The normalized spacial score (nSPS) is 11.6. The van der Waals surface area contributed by atoms with Gasteiger partial charge in [-0.3, -0.25) is 0 Å². The molecule has 0 unspecified atom stereocenters. The summed E-state index contributed by atoms with van der Waals surface area (Å²) in [7, 11) is 0. The van der Waals surface area contributed by atoms with E-state index < -0.39 is 0 Å². The van der Waals surface area contributed by atoms with Crippen LogP contribution < -0.4 is 0 Å². The Hall–Kier alpha value is -6.43. The fraction of sp³-hybridized carbons (Fsp3) is 0. The summed E-state index contributed by atoms with van der Waals surface area (Å²) in [6.07, 6.45) is 0. The summed E-state index contributed by atoms with van der Waals surface area (Å²) in [5.41, 5.74) is 8.95. The highest BCUT2D eigenvalue weighted by Gasteiger charge is 2.21.